The first-order valence-electron chi connectivity index (χ1n) is 22.3. The molecular formula is C49H58BF4N11O2. The normalized spacial score (nSPS) is 16.2. The predicted molar refractivity (Wildman–Crippen MR) is 255 cm³/mol. The maximum Gasteiger partial charge on any atom is 0.408 e. The highest BCUT2D eigenvalue weighted by molar-refractivity contribution is 6.52. The molecule has 7 aromatic rings. The molecule has 13 nitrogen and oxygen atoms in total. The van der Waals surface area contributed by atoms with Crippen molar-refractivity contribution >= 4 is 41.1 Å². The SMILES string of the molecule is C.C.CB(O)Nc1cc(CN2CCC(C(=O)N3CCC(n4c(-c5ccc(F)c(F)c5)nc5cccnc54)CC3)CC2)ccn1.Fc1ccc(-c2nc3cccnc3n2C2CCNCC2)cc1F. The molecule has 3 N–H and O–H groups in total. The molecule has 0 atom stereocenters. The highest BCUT2D eigenvalue weighted by Gasteiger charge is 2.33. The summed E-state index contributed by atoms with van der Waals surface area (Å²) in [6.07, 6.45) is 10.2. The standard InChI is InChI=1S/C30H34BF2N7O2.C17H16F2N4.2CH4/c1-31(42)37-27-17-20(6-12-34-27)19-38-13-7-21(8-14-38)30(41)39-15-9-23(10-16-39)40-28(22-4-5-24(32)25(33)18-22)36-26-3-2-11-35-29(26)40;18-13-4-3-11(10-14(13)19)16-22-15-2-1-7-21-17(15)23(16)12-5-8-20-9-6-12;;/h2-6,11-12,17-18,21,23,42H,7-10,13-16,19H2,1H3,(H,34,37);1-4,7,10,12,20H,5-6,8-9H2;2*1H4. The van der Waals surface area contributed by atoms with E-state index >= 15 is 0 Å². The van der Waals surface area contributed by atoms with Crippen LogP contribution in [0.25, 0.3) is 45.1 Å². The van der Waals surface area contributed by atoms with E-state index in [1.807, 2.05) is 45.9 Å². The number of nitrogens with one attached hydrogen (secondary N) is 2. The fraction of sp³-hybridized carbons (Fsp3) is 0.388. The molecule has 5 aromatic heterocycles. The molecule has 3 aliphatic rings. The van der Waals surface area contributed by atoms with Crippen molar-refractivity contribution in [2.24, 2.45) is 5.92 Å². The van der Waals surface area contributed by atoms with Crippen LogP contribution < -0.4 is 10.5 Å². The fourth-order valence-corrected chi connectivity index (χ4v) is 9.36. The highest BCUT2D eigenvalue weighted by Crippen LogP contribution is 2.35. The summed E-state index contributed by atoms with van der Waals surface area (Å²) < 4.78 is 58.8. The molecule has 8 heterocycles. The number of amides is 1. The van der Waals surface area contributed by atoms with E-state index in [4.69, 9.17) is 4.98 Å². The number of hydrogen-bond donors (Lipinski definition) is 3. The molecule has 1 amide bonds. The Morgan fingerprint density at radius 3 is 1.75 bits per heavy atom. The van der Waals surface area contributed by atoms with Crippen LogP contribution in [0.4, 0.5) is 23.4 Å². The molecular weight excluding hydrogens is 861 g/mol. The largest absolute Gasteiger partial charge is 0.433 e. The lowest BCUT2D eigenvalue weighted by Gasteiger charge is -2.38. The summed E-state index contributed by atoms with van der Waals surface area (Å²) in [5.74, 6) is -1.44. The molecule has 3 aliphatic heterocycles. The number of rotatable bonds is 9. The second kappa shape index (κ2) is 21.6. The van der Waals surface area contributed by atoms with Crippen LogP contribution in [0.15, 0.2) is 91.4 Å². The number of halogens is 4. The number of aromatic nitrogens is 7. The molecule has 18 heteroatoms. The summed E-state index contributed by atoms with van der Waals surface area (Å²) in [7, 11) is -0.669. The Morgan fingerprint density at radius 1 is 0.687 bits per heavy atom. The van der Waals surface area contributed by atoms with Crippen molar-refractivity contribution in [3.05, 3.63) is 120 Å². The smallest absolute Gasteiger partial charge is 0.408 e. The molecule has 0 saturated carbocycles. The van der Waals surface area contributed by atoms with Gasteiger partial charge in [0, 0.05) is 67.4 Å². The summed E-state index contributed by atoms with van der Waals surface area (Å²) in [5, 5.41) is 15.8. The zero-order valence-electron chi connectivity index (χ0n) is 36.1. The second-order valence-corrected chi connectivity index (χ2v) is 17.0. The van der Waals surface area contributed by atoms with Crippen LogP contribution in [-0.4, -0.2) is 101 Å². The van der Waals surface area contributed by atoms with Crippen molar-refractivity contribution in [3.8, 4) is 22.8 Å². The van der Waals surface area contributed by atoms with E-state index in [0.29, 0.717) is 52.8 Å². The first-order chi connectivity index (χ1) is 31.6. The Kier molecular flexibility index (Phi) is 15.7. The van der Waals surface area contributed by atoms with Gasteiger partial charge in [-0.2, -0.15) is 0 Å². The van der Waals surface area contributed by atoms with Gasteiger partial charge in [0.15, 0.2) is 34.6 Å². The maximum absolute atomic E-state index is 14.1. The van der Waals surface area contributed by atoms with Gasteiger partial charge >= 0.3 is 7.05 Å². The van der Waals surface area contributed by atoms with Gasteiger partial charge in [-0.3, -0.25) is 9.69 Å². The second-order valence-electron chi connectivity index (χ2n) is 17.0. The zero-order chi connectivity index (χ0) is 45.0. The number of likely N-dealkylation sites (tertiary alicyclic amines) is 2. The Balaban J connectivity index is 0.000000225. The summed E-state index contributed by atoms with van der Waals surface area (Å²) in [6, 6.07) is 19.4. The average molecular weight is 920 g/mol. The molecule has 0 radical (unpaired) electrons. The van der Waals surface area contributed by atoms with Gasteiger partial charge in [0.1, 0.15) is 28.5 Å². The number of anilines is 1. The third-order valence-corrected chi connectivity index (χ3v) is 12.6. The van der Waals surface area contributed by atoms with Crippen LogP contribution in [0, 0.1) is 29.2 Å². The zero-order valence-corrected chi connectivity index (χ0v) is 36.1. The molecule has 352 valence electrons. The van der Waals surface area contributed by atoms with Crippen LogP contribution in [-0.2, 0) is 11.3 Å². The van der Waals surface area contributed by atoms with Crippen LogP contribution in [0.2, 0.25) is 6.82 Å². The van der Waals surface area contributed by atoms with Crippen molar-refractivity contribution in [2.45, 2.75) is 78.8 Å². The van der Waals surface area contributed by atoms with E-state index in [-0.39, 0.29) is 38.8 Å². The number of nitrogens with zero attached hydrogens (tertiary/aromatic N) is 9. The molecule has 0 unspecified atom stereocenters. The minimum atomic E-state index is -0.913. The quantitative estimate of drug-likeness (QED) is 0.0950. The lowest BCUT2D eigenvalue weighted by molar-refractivity contribution is -0.138. The number of piperidine rings is 3. The van der Waals surface area contributed by atoms with Crippen molar-refractivity contribution in [1.29, 1.82) is 0 Å². The van der Waals surface area contributed by atoms with Crippen molar-refractivity contribution in [1.82, 2.24) is 49.2 Å². The van der Waals surface area contributed by atoms with Crippen LogP contribution in [0.3, 0.4) is 0 Å². The first kappa shape index (κ1) is 48.7. The lowest BCUT2D eigenvalue weighted by atomic mass is 9.89. The number of carbonyl (C=O) groups excluding carboxylic acids is 1. The number of fused-ring (bicyclic) bond motifs is 2. The highest BCUT2D eigenvalue weighted by atomic mass is 19.2. The van der Waals surface area contributed by atoms with Crippen LogP contribution >= 0.6 is 0 Å². The van der Waals surface area contributed by atoms with E-state index in [1.165, 1.54) is 12.1 Å². The van der Waals surface area contributed by atoms with E-state index in [1.54, 1.807) is 37.5 Å². The summed E-state index contributed by atoms with van der Waals surface area (Å²) in [4.78, 5) is 40.4. The van der Waals surface area contributed by atoms with Crippen molar-refractivity contribution in [2.75, 3.05) is 44.5 Å². The Morgan fingerprint density at radius 2 is 1.22 bits per heavy atom. The fourth-order valence-electron chi connectivity index (χ4n) is 9.36. The molecule has 3 fully saturated rings. The van der Waals surface area contributed by atoms with E-state index in [2.05, 4.69) is 39.9 Å². The predicted octanol–water partition coefficient (Wildman–Crippen LogP) is 8.94. The molecule has 2 aromatic carbocycles. The number of hydrogen-bond acceptors (Lipinski definition) is 10. The Bertz CT molecular complexity index is 2780. The molecule has 10 rings (SSSR count). The Hall–Kier alpha value is -6.24. The third kappa shape index (κ3) is 10.8. The number of benzene rings is 2. The van der Waals surface area contributed by atoms with Gasteiger partial charge in [-0.15, -0.1) is 0 Å². The third-order valence-electron chi connectivity index (χ3n) is 12.6. The van der Waals surface area contributed by atoms with Crippen LogP contribution in [0.1, 0.15) is 71.0 Å². The minimum absolute atomic E-state index is 0. The van der Waals surface area contributed by atoms with Gasteiger partial charge in [-0.25, -0.2) is 42.5 Å². The number of imidazole rings is 2. The van der Waals surface area contributed by atoms with E-state index in [0.717, 1.165) is 100 Å². The van der Waals surface area contributed by atoms with Crippen LogP contribution in [0.5, 0.6) is 0 Å². The molecule has 0 spiro atoms. The summed E-state index contributed by atoms with van der Waals surface area (Å²) in [5.41, 5.74) is 5.15. The summed E-state index contributed by atoms with van der Waals surface area (Å²) >= 11 is 0. The monoisotopic (exact) mass is 919 g/mol. The first-order valence-corrected chi connectivity index (χ1v) is 22.3. The topological polar surface area (TPSA) is 142 Å². The van der Waals surface area contributed by atoms with Gasteiger partial charge in [-0.1, -0.05) is 14.9 Å². The maximum atomic E-state index is 14.1. The molecule has 0 bridgehead atoms. The van der Waals surface area contributed by atoms with E-state index in [9.17, 15) is 27.4 Å². The lowest BCUT2D eigenvalue weighted by Crippen LogP contribution is -2.45. The molecule has 0 aliphatic carbocycles. The van der Waals surface area contributed by atoms with Crippen molar-refractivity contribution in [3.63, 3.8) is 0 Å². The number of carbonyl (C=O) groups is 1. The van der Waals surface area contributed by atoms with Gasteiger partial charge in [0.05, 0.1) is 0 Å². The minimum Gasteiger partial charge on any atom is -0.433 e. The van der Waals surface area contributed by atoms with E-state index < -0.39 is 30.3 Å². The summed E-state index contributed by atoms with van der Waals surface area (Å²) in [6.45, 7) is 7.23. The van der Waals surface area contributed by atoms with Gasteiger partial charge in [-0.05, 0) is 150 Å². The van der Waals surface area contributed by atoms with Crippen molar-refractivity contribution < 1.29 is 27.4 Å². The van der Waals surface area contributed by atoms with Gasteiger partial charge in [0.2, 0.25) is 5.91 Å². The average Bonchev–Trinajstić information content (AvgIpc) is 3.91. The molecule has 3 saturated heterocycles. The number of pyridine rings is 3. The molecule has 67 heavy (non-hydrogen) atoms. The van der Waals surface area contributed by atoms with Gasteiger partial charge < -0.3 is 29.6 Å². The Labute approximate surface area is 388 Å². The van der Waals surface area contributed by atoms with Gasteiger partial charge in [0.25, 0.3) is 0 Å².